The Kier molecular flexibility index (Phi) is 4.49. The highest BCUT2D eigenvalue weighted by Gasteiger charge is 2.62. The molecule has 4 fully saturated rings. The number of nitrogens with zero attached hydrogens (tertiary/aromatic N) is 1. The molecule has 0 saturated heterocycles. The summed E-state index contributed by atoms with van der Waals surface area (Å²) in [5.74, 6) is 2.29. The van der Waals surface area contributed by atoms with E-state index >= 15 is 0 Å². The van der Waals surface area contributed by atoms with E-state index in [1.165, 1.54) is 0 Å². The molecule has 4 saturated carbocycles. The van der Waals surface area contributed by atoms with E-state index in [1.54, 1.807) is 0 Å². The number of hydrogen-bond donors (Lipinski definition) is 1. The van der Waals surface area contributed by atoms with Crippen LogP contribution in [0.1, 0.15) is 65.2 Å². The first-order valence-corrected chi connectivity index (χ1v) is 10.3. The van der Waals surface area contributed by atoms with E-state index in [-0.39, 0.29) is 16.7 Å². The molecule has 26 heavy (non-hydrogen) atoms. The van der Waals surface area contributed by atoms with Crippen molar-refractivity contribution in [1.29, 1.82) is 0 Å². The zero-order valence-corrected chi connectivity index (χ0v) is 16.1. The van der Waals surface area contributed by atoms with Crippen molar-refractivity contribution in [2.45, 2.75) is 65.2 Å². The van der Waals surface area contributed by atoms with Crippen molar-refractivity contribution < 1.29 is 14.4 Å². The summed E-state index contributed by atoms with van der Waals surface area (Å²) in [6.45, 7) is 5.39. The van der Waals surface area contributed by atoms with Crippen LogP contribution in [0.15, 0.2) is 5.16 Å². The van der Waals surface area contributed by atoms with E-state index in [9.17, 15) is 9.59 Å². The Balaban J connectivity index is 1.57. The van der Waals surface area contributed by atoms with Crippen molar-refractivity contribution in [3.63, 3.8) is 0 Å². The predicted octanol–water partition coefficient (Wildman–Crippen LogP) is 3.11. The Morgan fingerprint density at radius 1 is 1.12 bits per heavy atom. The second-order valence-electron chi connectivity index (χ2n) is 9.51. The van der Waals surface area contributed by atoms with Crippen LogP contribution in [-0.2, 0) is 14.4 Å². The number of carbonyl (C=O) groups excluding carboxylic acids is 2. The minimum absolute atomic E-state index is 0.0554. The van der Waals surface area contributed by atoms with E-state index in [0.717, 1.165) is 44.2 Å². The molecule has 0 aliphatic heterocycles. The van der Waals surface area contributed by atoms with Gasteiger partial charge in [0, 0.05) is 30.7 Å². The number of Topliss-reactive ketones (excluding diaryl/α,β-unsaturated/α-hetero) is 2. The second kappa shape index (κ2) is 6.43. The van der Waals surface area contributed by atoms with Crippen LogP contribution in [0, 0.1) is 34.5 Å². The molecule has 0 radical (unpaired) electrons. The lowest BCUT2D eigenvalue weighted by Gasteiger charge is -2.58. The number of carbonyl (C=O) groups is 2. The van der Waals surface area contributed by atoms with Gasteiger partial charge >= 0.3 is 0 Å². The number of oxime groups is 1. The van der Waals surface area contributed by atoms with Crippen LogP contribution in [0.2, 0.25) is 0 Å². The van der Waals surface area contributed by atoms with Crippen molar-refractivity contribution in [2.24, 2.45) is 45.4 Å². The fourth-order valence-electron chi connectivity index (χ4n) is 6.89. The van der Waals surface area contributed by atoms with E-state index in [2.05, 4.69) is 19.0 Å². The molecule has 5 nitrogen and oxygen atoms in total. The Morgan fingerprint density at radius 3 is 2.69 bits per heavy atom. The summed E-state index contributed by atoms with van der Waals surface area (Å²) in [4.78, 5) is 30.9. The number of ketones is 2. The van der Waals surface area contributed by atoms with Crippen LogP contribution in [0.25, 0.3) is 0 Å². The first-order chi connectivity index (χ1) is 12.4. The van der Waals surface area contributed by atoms with Crippen molar-refractivity contribution in [3.05, 3.63) is 0 Å². The van der Waals surface area contributed by atoms with Gasteiger partial charge < -0.3 is 10.6 Å². The third-order valence-corrected chi connectivity index (χ3v) is 8.41. The molecule has 0 heterocycles. The molecule has 0 amide bonds. The molecule has 0 spiro atoms. The zero-order chi connectivity index (χ0) is 18.5. The molecular weight excluding hydrogens is 328 g/mol. The van der Waals surface area contributed by atoms with Gasteiger partial charge in [0.2, 0.25) is 0 Å². The molecule has 4 rings (SSSR count). The van der Waals surface area contributed by atoms with Gasteiger partial charge in [0.05, 0.1) is 5.71 Å². The average molecular weight is 360 g/mol. The Morgan fingerprint density at radius 2 is 1.92 bits per heavy atom. The van der Waals surface area contributed by atoms with Crippen molar-refractivity contribution in [3.8, 4) is 0 Å². The molecule has 0 aromatic rings. The lowest BCUT2D eigenvalue weighted by atomic mass is 9.45. The third kappa shape index (κ3) is 2.57. The van der Waals surface area contributed by atoms with Crippen molar-refractivity contribution in [2.75, 3.05) is 13.2 Å². The first kappa shape index (κ1) is 18.1. The summed E-state index contributed by atoms with van der Waals surface area (Å²) in [6, 6.07) is 0. The summed E-state index contributed by atoms with van der Waals surface area (Å²) >= 11 is 0. The van der Waals surface area contributed by atoms with Gasteiger partial charge in [0.25, 0.3) is 0 Å². The summed E-state index contributed by atoms with van der Waals surface area (Å²) in [5, 5.41) is 4.25. The highest BCUT2D eigenvalue weighted by Crippen LogP contribution is 2.64. The van der Waals surface area contributed by atoms with Gasteiger partial charge in [-0.25, -0.2) is 0 Å². The third-order valence-electron chi connectivity index (χ3n) is 8.41. The lowest BCUT2D eigenvalue weighted by molar-refractivity contribution is -0.152. The largest absolute Gasteiger partial charge is 0.395 e. The van der Waals surface area contributed by atoms with E-state index in [1.807, 2.05) is 0 Å². The molecule has 4 aliphatic rings. The molecule has 2 N–H and O–H groups in total. The Labute approximate surface area is 156 Å². The Bertz CT molecular complexity index is 645. The monoisotopic (exact) mass is 360 g/mol. The molecule has 0 aromatic heterocycles. The number of fused-ring (bicyclic) bond motifs is 5. The minimum atomic E-state index is -0.165. The molecular formula is C21H32N2O3. The van der Waals surface area contributed by atoms with Crippen LogP contribution >= 0.6 is 0 Å². The highest BCUT2D eigenvalue weighted by atomic mass is 16.6. The quantitative estimate of drug-likeness (QED) is 0.619. The van der Waals surface area contributed by atoms with Crippen molar-refractivity contribution in [1.82, 2.24) is 0 Å². The lowest BCUT2D eigenvalue weighted by Crippen LogP contribution is -2.56. The van der Waals surface area contributed by atoms with Crippen LogP contribution in [0.3, 0.4) is 0 Å². The predicted molar refractivity (Wildman–Crippen MR) is 99.6 cm³/mol. The first-order valence-electron chi connectivity index (χ1n) is 10.3. The topological polar surface area (TPSA) is 81.8 Å². The summed E-state index contributed by atoms with van der Waals surface area (Å²) in [5.41, 5.74) is 6.37. The second-order valence-corrected chi connectivity index (χ2v) is 9.51. The van der Waals surface area contributed by atoms with Crippen molar-refractivity contribution >= 4 is 17.3 Å². The number of rotatable bonds is 3. The maximum absolute atomic E-state index is 13.1. The van der Waals surface area contributed by atoms with E-state index in [4.69, 9.17) is 10.6 Å². The summed E-state index contributed by atoms with van der Waals surface area (Å²) in [7, 11) is 0. The van der Waals surface area contributed by atoms with Crippen LogP contribution in [-0.4, -0.2) is 30.4 Å². The maximum atomic E-state index is 13.1. The van der Waals surface area contributed by atoms with Gasteiger partial charge in [-0.15, -0.1) is 0 Å². The van der Waals surface area contributed by atoms with Gasteiger partial charge in [-0.2, -0.15) is 0 Å². The summed E-state index contributed by atoms with van der Waals surface area (Å²) < 4.78 is 0. The molecule has 5 heteroatoms. The van der Waals surface area contributed by atoms with Crippen LogP contribution in [0.4, 0.5) is 0 Å². The zero-order valence-electron chi connectivity index (χ0n) is 16.1. The van der Waals surface area contributed by atoms with E-state index < -0.39 is 0 Å². The molecule has 144 valence electrons. The van der Waals surface area contributed by atoms with E-state index in [0.29, 0.717) is 55.3 Å². The Hall–Kier alpha value is -1.23. The molecule has 6 atom stereocenters. The molecule has 4 unspecified atom stereocenters. The maximum Gasteiger partial charge on any atom is 0.139 e. The fraction of sp³-hybridized carbons (Fsp3) is 0.857. The van der Waals surface area contributed by atoms with Gasteiger partial charge in [0.15, 0.2) is 0 Å². The van der Waals surface area contributed by atoms with Gasteiger partial charge in [-0.1, -0.05) is 19.0 Å². The van der Waals surface area contributed by atoms with Gasteiger partial charge in [0.1, 0.15) is 18.2 Å². The standard InChI is InChI=1S/C21H32N2O3/c1-20-7-5-13(23-26-10-9-22)11-17(20)18(24)12-14-15-3-4-19(25)21(15,2)8-6-16(14)20/h14-17H,3-12,22H2,1-2H3/t14?,15?,16?,17?,20-,21+/m1/s1. The van der Waals surface area contributed by atoms with Gasteiger partial charge in [-0.3, -0.25) is 9.59 Å². The highest BCUT2D eigenvalue weighted by molar-refractivity contribution is 5.93. The summed E-state index contributed by atoms with van der Waals surface area (Å²) in [6.07, 6.45) is 7.13. The minimum Gasteiger partial charge on any atom is -0.395 e. The number of hydrogen-bond acceptors (Lipinski definition) is 5. The molecule has 0 bridgehead atoms. The number of nitrogens with two attached hydrogens (primary N) is 1. The average Bonchev–Trinajstić information content (AvgIpc) is 2.92. The van der Waals surface area contributed by atoms with Gasteiger partial charge in [-0.05, 0) is 61.7 Å². The SMILES string of the molecule is C[C@]12CCC(=NOCCN)CC1C(=O)CC1C2CC[C@]2(C)C(=O)CCC12. The smallest absolute Gasteiger partial charge is 0.139 e. The fourth-order valence-corrected chi connectivity index (χ4v) is 6.89. The molecule has 4 aliphatic carbocycles. The van der Waals surface area contributed by atoms with Crippen LogP contribution < -0.4 is 5.73 Å². The van der Waals surface area contributed by atoms with Crippen LogP contribution in [0.5, 0.6) is 0 Å². The normalized spacial score (nSPS) is 46.7. The molecule has 0 aromatic carbocycles.